The first-order chi connectivity index (χ1) is 6.33. The molecule has 0 aliphatic carbocycles. The van der Waals surface area contributed by atoms with Crippen molar-refractivity contribution in [1.82, 2.24) is 0 Å². The van der Waals surface area contributed by atoms with Gasteiger partial charge in [-0.2, -0.15) is 0 Å². The normalized spacial score (nSPS) is 12.9. The Labute approximate surface area is 84.5 Å². The van der Waals surface area contributed by atoms with E-state index >= 15 is 0 Å². The van der Waals surface area contributed by atoms with E-state index in [0.29, 0.717) is 0 Å². The van der Waals surface area contributed by atoms with E-state index in [9.17, 15) is 16.8 Å². The monoisotopic (exact) mass is 236 g/mol. The highest BCUT2D eigenvalue weighted by atomic mass is 32.2. The predicted octanol–water partition coefficient (Wildman–Crippen LogP) is 1.01. The Kier molecular flexibility index (Phi) is 4.79. The Balaban J connectivity index is 4.24. The first-order valence-electron chi connectivity index (χ1n) is 3.72. The predicted molar refractivity (Wildman–Crippen MR) is 56.9 cm³/mol. The Morgan fingerprint density at radius 3 is 2.00 bits per heavy atom. The van der Waals surface area contributed by atoms with Crippen molar-refractivity contribution in [2.24, 2.45) is 0 Å². The molecule has 0 saturated heterocycles. The lowest BCUT2D eigenvalue weighted by molar-refractivity contribution is 0.603. The Morgan fingerprint density at radius 1 is 1.00 bits per heavy atom. The lowest BCUT2D eigenvalue weighted by Crippen LogP contribution is -2.00. The second-order valence-electron chi connectivity index (χ2n) is 2.45. The van der Waals surface area contributed by atoms with Crippen molar-refractivity contribution in [3.05, 3.63) is 35.5 Å². The molecule has 0 unspecified atom stereocenters. The minimum Gasteiger partial charge on any atom is -0.224 e. The van der Waals surface area contributed by atoms with Gasteiger partial charge in [-0.05, 0) is 6.42 Å². The van der Waals surface area contributed by atoms with E-state index in [1.165, 1.54) is 6.08 Å². The summed E-state index contributed by atoms with van der Waals surface area (Å²) >= 11 is 0. The molecule has 0 aliphatic rings. The van der Waals surface area contributed by atoms with Gasteiger partial charge in [0.1, 0.15) is 0 Å². The second-order valence-corrected chi connectivity index (χ2v) is 6.30. The van der Waals surface area contributed by atoms with E-state index < -0.39 is 19.7 Å². The fourth-order valence-corrected chi connectivity index (χ4v) is 1.72. The molecule has 0 amide bonds. The van der Waals surface area contributed by atoms with Crippen LogP contribution in [0.25, 0.3) is 0 Å². The van der Waals surface area contributed by atoms with Gasteiger partial charge in [0.2, 0.25) is 0 Å². The molecule has 0 aromatic heterocycles. The summed E-state index contributed by atoms with van der Waals surface area (Å²) in [6, 6.07) is 0. The first-order valence-corrected chi connectivity index (χ1v) is 7.05. The molecule has 0 fully saturated rings. The summed E-state index contributed by atoms with van der Waals surface area (Å²) in [6.07, 6.45) is 1.42. The minimum absolute atomic E-state index is 0.139. The molecule has 0 heterocycles. The quantitative estimate of drug-likeness (QED) is 0.690. The van der Waals surface area contributed by atoms with Gasteiger partial charge in [-0.25, -0.2) is 16.8 Å². The molecule has 0 atom stereocenters. The first kappa shape index (κ1) is 13.1. The summed E-state index contributed by atoms with van der Waals surface area (Å²) in [7, 11) is -6.63. The van der Waals surface area contributed by atoms with Gasteiger partial charge in [0.05, 0.1) is 5.75 Å². The highest BCUT2D eigenvalue weighted by Gasteiger charge is 2.02. The maximum Gasteiger partial charge on any atom is 0.192 e. The maximum absolute atomic E-state index is 10.9. The molecule has 4 nitrogen and oxygen atoms in total. The number of allylic oxidation sites excluding steroid dienone is 1. The van der Waals surface area contributed by atoms with E-state index in [4.69, 9.17) is 0 Å². The molecule has 0 N–H and O–H groups in total. The minimum atomic E-state index is -3.38. The fourth-order valence-electron chi connectivity index (χ4n) is 0.573. The summed E-state index contributed by atoms with van der Waals surface area (Å²) in [5, 5.41) is 2.58. The van der Waals surface area contributed by atoms with Crippen molar-refractivity contribution in [3.63, 3.8) is 0 Å². The van der Waals surface area contributed by atoms with Gasteiger partial charge >= 0.3 is 0 Å². The number of hydrogen-bond acceptors (Lipinski definition) is 4. The molecule has 0 aliphatic heterocycles. The van der Waals surface area contributed by atoms with Crippen molar-refractivity contribution in [2.75, 3.05) is 5.75 Å². The average Bonchev–Trinajstić information content (AvgIpc) is 2.13. The van der Waals surface area contributed by atoms with Gasteiger partial charge < -0.3 is 0 Å². The second kappa shape index (κ2) is 5.11. The summed E-state index contributed by atoms with van der Waals surface area (Å²) in [6.45, 7) is 6.23. The fraction of sp³-hybridized carbons (Fsp3) is 0.250. The zero-order valence-electron chi connectivity index (χ0n) is 7.59. The summed E-state index contributed by atoms with van der Waals surface area (Å²) in [4.78, 5) is 0. The molecule has 0 spiro atoms. The molecule has 0 aromatic carbocycles. The van der Waals surface area contributed by atoms with Crippen LogP contribution in [-0.4, -0.2) is 22.6 Å². The highest BCUT2D eigenvalue weighted by Crippen LogP contribution is 1.98. The van der Waals surface area contributed by atoms with Gasteiger partial charge in [0.25, 0.3) is 0 Å². The Hall–Kier alpha value is -0.880. The molecule has 14 heavy (non-hydrogen) atoms. The van der Waals surface area contributed by atoms with Crippen molar-refractivity contribution >= 4 is 19.7 Å². The SMILES string of the molecule is C=CS(=O)(=O)/C=C/CCS(=O)(=O)C=C. The van der Waals surface area contributed by atoms with E-state index in [1.54, 1.807) is 0 Å². The lowest BCUT2D eigenvalue weighted by atomic mass is 10.5. The van der Waals surface area contributed by atoms with Gasteiger partial charge in [-0.3, -0.25) is 0 Å². The Morgan fingerprint density at radius 2 is 1.57 bits per heavy atom. The third-order valence-electron chi connectivity index (χ3n) is 1.34. The van der Waals surface area contributed by atoms with E-state index in [1.807, 2.05) is 0 Å². The zero-order valence-corrected chi connectivity index (χ0v) is 9.22. The highest BCUT2D eigenvalue weighted by molar-refractivity contribution is 7.97. The van der Waals surface area contributed by atoms with Crippen molar-refractivity contribution in [1.29, 1.82) is 0 Å². The molecule has 0 bridgehead atoms. The molecule has 0 rings (SSSR count). The number of rotatable bonds is 6. The average molecular weight is 236 g/mol. The van der Waals surface area contributed by atoms with E-state index in [0.717, 1.165) is 16.2 Å². The third kappa shape index (κ3) is 5.71. The summed E-state index contributed by atoms with van der Waals surface area (Å²) in [5.74, 6) is -0.139. The molecular weight excluding hydrogens is 224 g/mol. The largest absolute Gasteiger partial charge is 0.224 e. The van der Waals surface area contributed by atoms with Crippen molar-refractivity contribution in [3.8, 4) is 0 Å². The van der Waals surface area contributed by atoms with Gasteiger partial charge in [0, 0.05) is 16.2 Å². The van der Waals surface area contributed by atoms with Crippen LogP contribution in [-0.2, 0) is 19.7 Å². The Bertz CT molecular complexity index is 426. The smallest absolute Gasteiger partial charge is 0.192 e. The zero-order chi connectivity index (χ0) is 11.2. The van der Waals surface area contributed by atoms with E-state index in [-0.39, 0.29) is 12.2 Å². The number of hydrogen-bond donors (Lipinski definition) is 0. The van der Waals surface area contributed by atoms with Crippen LogP contribution in [0.1, 0.15) is 6.42 Å². The van der Waals surface area contributed by atoms with Crippen LogP contribution in [0.5, 0.6) is 0 Å². The van der Waals surface area contributed by atoms with Gasteiger partial charge in [-0.1, -0.05) is 19.2 Å². The third-order valence-corrected chi connectivity index (χ3v) is 3.69. The van der Waals surface area contributed by atoms with Gasteiger partial charge in [-0.15, -0.1) is 0 Å². The molecule has 0 radical (unpaired) electrons. The van der Waals surface area contributed by atoms with Crippen LogP contribution < -0.4 is 0 Å². The van der Waals surface area contributed by atoms with Crippen LogP contribution in [0.3, 0.4) is 0 Å². The van der Waals surface area contributed by atoms with Crippen LogP contribution >= 0.6 is 0 Å². The number of sulfone groups is 2. The summed E-state index contributed by atoms with van der Waals surface area (Å²) < 4.78 is 43.4. The summed E-state index contributed by atoms with van der Waals surface area (Å²) in [5.41, 5.74) is 0. The van der Waals surface area contributed by atoms with Crippen molar-refractivity contribution in [2.45, 2.75) is 6.42 Å². The van der Waals surface area contributed by atoms with Crippen LogP contribution in [0.15, 0.2) is 35.5 Å². The lowest BCUT2D eigenvalue weighted by Gasteiger charge is -1.92. The van der Waals surface area contributed by atoms with E-state index in [2.05, 4.69) is 13.2 Å². The molecule has 80 valence electrons. The molecular formula is C8H12O4S2. The van der Waals surface area contributed by atoms with Crippen LogP contribution in [0, 0.1) is 0 Å². The standard InChI is InChI=1S/C8H12O4S2/c1-3-13(9,10)7-5-6-8-14(11,12)4-2/h3-5,7H,1-2,6,8H2/b7-5+. The van der Waals surface area contributed by atoms with Crippen LogP contribution in [0.4, 0.5) is 0 Å². The van der Waals surface area contributed by atoms with Crippen LogP contribution in [0.2, 0.25) is 0 Å². The van der Waals surface area contributed by atoms with Gasteiger partial charge in [0.15, 0.2) is 19.7 Å². The topological polar surface area (TPSA) is 68.3 Å². The maximum atomic E-state index is 10.9. The van der Waals surface area contributed by atoms with Crippen molar-refractivity contribution < 1.29 is 16.8 Å². The molecule has 0 aromatic rings. The molecule has 0 saturated carbocycles. The molecule has 6 heteroatoms.